The highest BCUT2D eigenvalue weighted by atomic mass is 19.4. The van der Waals surface area contributed by atoms with Crippen LogP contribution in [0.3, 0.4) is 0 Å². The van der Waals surface area contributed by atoms with Gasteiger partial charge >= 0.3 is 18.1 Å². The van der Waals surface area contributed by atoms with E-state index in [-0.39, 0.29) is 12.2 Å². The number of rotatable bonds is 5. The van der Waals surface area contributed by atoms with Crippen molar-refractivity contribution < 1.29 is 27.5 Å². The average Bonchev–Trinajstić information content (AvgIpc) is 2.60. The standard InChI is InChI=1S/C17H12F3NO4/c18-17(19,20)13-8-4-7-12(9-13)14(15(22)21-24)16(23)25-10-11-5-2-1-3-6-11/h1-9,14H,10H2. The number of amides is 1. The van der Waals surface area contributed by atoms with E-state index in [1.54, 1.807) is 30.3 Å². The van der Waals surface area contributed by atoms with Crippen molar-refractivity contribution >= 4 is 11.9 Å². The van der Waals surface area contributed by atoms with Gasteiger partial charge in [0.2, 0.25) is 0 Å². The number of carbonyl (C=O) groups excluding carboxylic acids is 2. The molecule has 0 aliphatic rings. The van der Waals surface area contributed by atoms with Gasteiger partial charge in [0.1, 0.15) is 6.61 Å². The van der Waals surface area contributed by atoms with Gasteiger partial charge in [-0.1, -0.05) is 48.5 Å². The summed E-state index contributed by atoms with van der Waals surface area (Å²) < 4.78 is 43.3. The van der Waals surface area contributed by atoms with E-state index in [0.717, 1.165) is 18.2 Å². The number of halogens is 3. The maximum Gasteiger partial charge on any atom is 0.416 e. The van der Waals surface area contributed by atoms with Gasteiger partial charge in [-0.3, -0.25) is 9.59 Å². The number of carbonyl (C=O) groups is 2. The van der Waals surface area contributed by atoms with Gasteiger partial charge in [-0.25, -0.2) is 0 Å². The van der Waals surface area contributed by atoms with E-state index in [4.69, 9.17) is 4.74 Å². The van der Waals surface area contributed by atoms with Gasteiger partial charge < -0.3 is 4.74 Å². The fourth-order valence-corrected chi connectivity index (χ4v) is 2.14. The average molecular weight is 351 g/mol. The lowest BCUT2D eigenvalue weighted by molar-refractivity contribution is -0.149. The molecular weight excluding hydrogens is 339 g/mol. The minimum absolute atomic E-state index is 0.193. The van der Waals surface area contributed by atoms with Crippen molar-refractivity contribution in [2.75, 3.05) is 0 Å². The number of nitroso groups, excluding NO2 is 1. The Kier molecular flexibility index (Phi) is 5.63. The third-order valence-electron chi connectivity index (χ3n) is 3.34. The number of esters is 1. The molecule has 0 bridgehead atoms. The van der Waals surface area contributed by atoms with Crippen LogP contribution in [0.15, 0.2) is 59.8 Å². The first-order valence-electron chi connectivity index (χ1n) is 7.08. The normalized spacial score (nSPS) is 12.3. The van der Waals surface area contributed by atoms with Gasteiger partial charge in [0.15, 0.2) is 5.92 Å². The lowest BCUT2D eigenvalue weighted by Gasteiger charge is -2.14. The van der Waals surface area contributed by atoms with E-state index in [1.807, 2.05) is 0 Å². The molecule has 0 aliphatic carbocycles. The molecule has 0 aromatic heterocycles. The Balaban J connectivity index is 2.25. The van der Waals surface area contributed by atoms with Crippen LogP contribution in [0.25, 0.3) is 0 Å². The van der Waals surface area contributed by atoms with Gasteiger partial charge in [-0.15, -0.1) is 4.91 Å². The van der Waals surface area contributed by atoms with E-state index in [0.29, 0.717) is 11.6 Å². The number of benzene rings is 2. The third kappa shape index (κ3) is 4.72. The molecule has 0 fully saturated rings. The molecule has 130 valence electrons. The third-order valence-corrected chi connectivity index (χ3v) is 3.34. The summed E-state index contributed by atoms with van der Waals surface area (Å²) in [6, 6.07) is 12.0. The zero-order chi connectivity index (χ0) is 18.4. The van der Waals surface area contributed by atoms with Gasteiger partial charge in [-0.2, -0.15) is 13.2 Å². The molecule has 2 aromatic carbocycles. The second kappa shape index (κ2) is 7.69. The van der Waals surface area contributed by atoms with Gasteiger partial charge in [0.05, 0.1) is 5.56 Å². The molecule has 2 aromatic rings. The highest BCUT2D eigenvalue weighted by molar-refractivity contribution is 6.03. The fraction of sp³-hybridized carbons (Fsp3) is 0.176. The van der Waals surface area contributed by atoms with E-state index < -0.39 is 29.5 Å². The quantitative estimate of drug-likeness (QED) is 0.466. The molecule has 0 heterocycles. The van der Waals surface area contributed by atoms with Crippen LogP contribution in [0, 0.1) is 4.91 Å². The summed E-state index contributed by atoms with van der Waals surface area (Å²) in [4.78, 5) is 34.4. The van der Waals surface area contributed by atoms with Crippen molar-refractivity contribution in [3.63, 3.8) is 0 Å². The molecule has 1 amide bonds. The summed E-state index contributed by atoms with van der Waals surface area (Å²) in [7, 11) is 0. The Bertz CT molecular complexity index is 775. The minimum Gasteiger partial charge on any atom is -0.460 e. The SMILES string of the molecule is O=NC(=O)C(C(=O)OCc1ccccc1)c1cccc(C(F)(F)F)c1. The number of hydrogen-bond acceptors (Lipinski definition) is 4. The maximum atomic E-state index is 12.8. The van der Waals surface area contributed by atoms with Crippen molar-refractivity contribution in [1.29, 1.82) is 0 Å². The van der Waals surface area contributed by atoms with E-state index in [2.05, 4.69) is 5.18 Å². The van der Waals surface area contributed by atoms with Crippen LogP contribution >= 0.6 is 0 Å². The highest BCUT2D eigenvalue weighted by Gasteiger charge is 2.35. The van der Waals surface area contributed by atoms with Crippen molar-refractivity contribution in [3.05, 3.63) is 76.2 Å². The lowest BCUT2D eigenvalue weighted by Crippen LogP contribution is -2.23. The Morgan fingerprint density at radius 2 is 1.72 bits per heavy atom. The summed E-state index contributed by atoms with van der Waals surface area (Å²) in [5.41, 5.74) is -0.743. The Morgan fingerprint density at radius 3 is 2.32 bits per heavy atom. The molecule has 1 atom stereocenters. The molecule has 8 heteroatoms. The largest absolute Gasteiger partial charge is 0.460 e. The minimum atomic E-state index is -4.66. The predicted octanol–water partition coefficient (Wildman–Crippen LogP) is 3.83. The molecule has 0 saturated heterocycles. The van der Waals surface area contributed by atoms with Crippen molar-refractivity contribution in [1.82, 2.24) is 0 Å². The van der Waals surface area contributed by atoms with E-state index >= 15 is 0 Å². The number of alkyl halides is 3. The first-order chi connectivity index (χ1) is 11.8. The molecule has 0 N–H and O–H groups in total. The summed E-state index contributed by atoms with van der Waals surface area (Å²) >= 11 is 0. The van der Waals surface area contributed by atoms with Crippen LogP contribution in [0.4, 0.5) is 13.2 Å². The van der Waals surface area contributed by atoms with Crippen LogP contribution in [-0.4, -0.2) is 11.9 Å². The Morgan fingerprint density at radius 1 is 1.04 bits per heavy atom. The van der Waals surface area contributed by atoms with Gasteiger partial charge in [-0.05, 0) is 17.2 Å². The van der Waals surface area contributed by atoms with Crippen LogP contribution in [0.5, 0.6) is 0 Å². The fourth-order valence-electron chi connectivity index (χ4n) is 2.14. The zero-order valence-electron chi connectivity index (χ0n) is 12.7. The summed E-state index contributed by atoms with van der Waals surface area (Å²) in [5.74, 6) is -4.41. The van der Waals surface area contributed by atoms with Gasteiger partial charge in [0.25, 0.3) is 0 Å². The number of nitrogens with zero attached hydrogens (tertiary/aromatic N) is 1. The van der Waals surface area contributed by atoms with Crippen molar-refractivity contribution in [2.24, 2.45) is 5.18 Å². The number of ether oxygens (including phenoxy) is 1. The Labute approximate surface area is 140 Å². The van der Waals surface area contributed by atoms with Crippen LogP contribution in [-0.2, 0) is 27.1 Å². The first kappa shape index (κ1) is 18.3. The van der Waals surface area contributed by atoms with Crippen LogP contribution in [0.1, 0.15) is 22.6 Å². The molecule has 0 radical (unpaired) electrons. The molecule has 0 spiro atoms. The molecule has 1 unspecified atom stereocenters. The van der Waals surface area contributed by atoms with Crippen LogP contribution < -0.4 is 0 Å². The highest BCUT2D eigenvalue weighted by Crippen LogP contribution is 2.31. The molecule has 0 aliphatic heterocycles. The van der Waals surface area contributed by atoms with E-state index in [9.17, 15) is 27.7 Å². The molecule has 0 saturated carbocycles. The summed E-state index contributed by atoms with van der Waals surface area (Å²) in [5, 5.41) is 2.16. The zero-order valence-corrected chi connectivity index (χ0v) is 12.7. The van der Waals surface area contributed by atoms with Crippen LogP contribution in [0.2, 0.25) is 0 Å². The lowest BCUT2D eigenvalue weighted by atomic mass is 9.96. The second-order valence-corrected chi connectivity index (χ2v) is 5.08. The molecule has 5 nitrogen and oxygen atoms in total. The Hall–Kier alpha value is -3.03. The maximum absolute atomic E-state index is 12.8. The topological polar surface area (TPSA) is 72.8 Å². The molecule has 2 rings (SSSR count). The second-order valence-electron chi connectivity index (χ2n) is 5.08. The van der Waals surface area contributed by atoms with E-state index in [1.165, 1.54) is 0 Å². The predicted molar refractivity (Wildman–Crippen MR) is 81.2 cm³/mol. The summed E-state index contributed by atoms with van der Waals surface area (Å²) in [6.45, 7) is -0.193. The molecular formula is C17H12F3NO4. The molecule has 25 heavy (non-hydrogen) atoms. The summed E-state index contributed by atoms with van der Waals surface area (Å²) in [6.07, 6.45) is -4.66. The van der Waals surface area contributed by atoms with Crippen molar-refractivity contribution in [3.8, 4) is 0 Å². The smallest absolute Gasteiger partial charge is 0.416 e. The first-order valence-corrected chi connectivity index (χ1v) is 7.08. The number of hydrogen-bond donors (Lipinski definition) is 0. The van der Waals surface area contributed by atoms with Crippen molar-refractivity contribution in [2.45, 2.75) is 18.7 Å². The van der Waals surface area contributed by atoms with Gasteiger partial charge in [0, 0.05) is 5.18 Å². The monoisotopic (exact) mass is 351 g/mol.